The quantitative estimate of drug-likeness (QED) is 0.490. The van der Waals surface area contributed by atoms with Crippen LogP contribution in [0.3, 0.4) is 0 Å². The Hall–Kier alpha value is -4.14. The molecule has 0 aliphatic rings. The second kappa shape index (κ2) is 6.48. The molecule has 0 atom stereocenters. The van der Waals surface area contributed by atoms with Crippen LogP contribution in [0.4, 0.5) is 14.6 Å². The number of carbonyl (C=O) groups excluding carboxylic acids is 1. The van der Waals surface area contributed by atoms with E-state index in [2.05, 4.69) is 25.6 Å². The van der Waals surface area contributed by atoms with E-state index in [1.54, 1.807) is 16.9 Å². The number of aromatic amines is 1. The maximum atomic E-state index is 14.9. The number of rotatable bonds is 3. The molecule has 0 saturated heterocycles. The van der Waals surface area contributed by atoms with Crippen molar-refractivity contribution in [1.82, 2.24) is 24.8 Å². The Balaban J connectivity index is 1.53. The predicted octanol–water partition coefficient (Wildman–Crippen LogP) is 3.80. The monoisotopic (exact) mass is 390 g/mol. The van der Waals surface area contributed by atoms with Gasteiger partial charge >= 0.3 is 0 Å². The summed E-state index contributed by atoms with van der Waals surface area (Å²) in [5.74, 6) is -1.38. The number of carbonyl (C=O) groups is 1. The number of hydrogen-bond acceptors (Lipinski definition) is 4. The van der Waals surface area contributed by atoms with E-state index in [9.17, 15) is 13.6 Å². The molecule has 0 saturated carbocycles. The minimum Gasteiger partial charge on any atom is -0.305 e. The smallest absolute Gasteiger partial charge is 0.256 e. The Labute approximate surface area is 162 Å². The second-order valence-corrected chi connectivity index (χ2v) is 6.34. The lowest BCUT2D eigenvalue weighted by molar-refractivity contribution is 0.102. The van der Waals surface area contributed by atoms with Crippen LogP contribution in [0.25, 0.3) is 27.8 Å². The van der Waals surface area contributed by atoms with Gasteiger partial charge in [-0.25, -0.2) is 18.3 Å². The first-order valence-corrected chi connectivity index (χ1v) is 8.64. The van der Waals surface area contributed by atoms with E-state index in [0.29, 0.717) is 22.1 Å². The van der Waals surface area contributed by atoms with Crippen LogP contribution in [0, 0.1) is 11.6 Å². The lowest BCUT2D eigenvalue weighted by atomic mass is 10.1. The van der Waals surface area contributed by atoms with Gasteiger partial charge in [-0.1, -0.05) is 6.07 Å². The highest BCUT2D eigenvalue weighted by Crippen LogP contribution is 2.29. The van der Waals surface area contributed by atoms with Gasteiger partial charge in [-0.3, -0.25) is 9.89 Å². The van der Waals surface area contributed by atoms with Gasteiger partial charge in [0.05, 0.1) is 17.1 Å². The average Bonchev–Trinajstić information content (AvgIpc) is 3.32. The molecule has 0 fully saturated rings. The van der Waals surface area contributed by atoms with Gasteiger partial charge in [0, 0.05) is 17.3 Å². The van der Waals surface area contributed by atoms with Crippen LogP contribution >= 0.6 is 0 Å². The fraction of sp³-hybridized carbons (Fsp3) is 0. The molecule has 0 aliphatic carbocycles. The number of hydrogen-bond donors (Lipinski definition) is 2. The van der Waals surface area contributed by atoms with Crippen molar-refractivity contribution < 1.29 is 13.6 Å². The van der Waals surface area contributed by atoms with Crippen molar-refractivity contribution in [1.29, 1.82) is 0 Å². The molecule has 0 spiro atoms. The van der Waals surface area contributed by atoms with Crippen molar-refractivity contribution in [3.8, 4) is 11.3 Å². The van der Waals surface area contributed by atoms with E-state index in [0.717, 1.165) is 0 Å². The van der Waals surface area contributed by atoms with Gasteiger partial charge in [0.15, 0.2) is 17.3 Å². The Morgan fingerprint density at radius 3 is 2.76 bits per heavy atom. The Kier molecular flexibility index (Phi) is 3.80. The summed E-state index contributed by atoms with van der Waals surface area (Å²) in [7, 11) is 0. The summed E-state index contributed by atoms with van der Waals surface area (Å²) in [6, 6.07) is 11.8. The van der Waals surface area contributed by atoms with Gasteiger partial charge in [-0.2, -0.15) is 10.2 Å². The first-order valence-electron chi connectivity index (χ1n) is 8.64. The van der Waals surface area contributed by atoms with Crippen molar-refractivity contribution in [3.63, 3.8) is 0 Å². The number of benzene rings is 1. The second-order valence-electron chi connectivity index (χ2n) is 6.34. The van der Waals surface area contributed by atoms with Crippen LogP contribution in [0.5, 0.6) is 0 Å². The molecule has 0 bridgehead atoms. The summed E-state index contributed by atoms with van der Waals surface area (Å²) in [5.41, 5.74) is 1.93. The number of anilines is 1. The van der Waals surface area contributed by atoms with E-state index < -0.39 is 17.5 Å². The van der Waals surface area contributed by atoms with Gasteiger partial charge < -0.3 is 5.32 Å². The molecule has 0 unspecified atom stereocenters. The summed E-state index contributed by atoms with van der Waals surface area (Å²) < 4.78 is 29.5. The molecule has 4 aromatic heterocycles. The van der Waals surface area contributed by atoms with Crippen molar-refractivity contribution in [2.75, 3.05) is 5.32 Å². The number of aromatic nitrogens is 5. The Bertz CT molecular complexity index is 1370. The highest BCUT2D eigenvalue weighted by molar-refractivity contribution is 6.07. The third-order valence-electron chi connectivity index (χ3n) is 4.52. The maximum Gasteiger partial charge on any atom is 0.256 e. The van der Waals surface area contributed by atoms with Crippen molar-refractivity contribution >= 4 is 28.3 Å². The SMILES string of the molecule is O=C(Nc1n[nH]c2nc(-c3cnn4ccccc34)c(F)cc12)c1ccc(F)cc1. The molecule has 29 heavy (non-hydrogen) atoms. The fourth-order valence-electron chi connectivity index (χ4n) is 3.11. The van der Waals surface area contributed by atoms with Crippen LogP contribution in [0.15, 0.2) is 60.9 Å². The van der Waals surface area contributed by atoms with Crippen molar-refractivity contribution in [2.45, 2.75) is 0 Å². The standard InChI is InChI=1S/C20H12F2N6O/c21-12-6-4-11(5-7-12)20(29)25-19-13-9-15(22)17(24-18(13)26-27-19)14-10-23-28-8-2-1-3-16(14)28/h1-10H,(H2,24,25,26,27,29). The number of amides is 1. The van der Waals surface area contributed by atoms with E-state index >= 15 is 0 Å². The summed E-state index contributed by atoms with van der Waals surface area (Å²) in [6.45, 7) is 0. The van der Waals surface area contributed by atoms with Crippen molar-refractivity contribution in [2.24, 2.45) is 0 Å². The highest BCUT2D eigenvalue weighted by Gasteiger charge is 2.18. The molecule has 0 radical (unpaired) electrons. The molecule has 2 N–H and O–H groups in total. The number of fused-ring (bicyclic) bond motifs is 2. The molecule has 4 heterocycles. The van der Waals surface area contributed by atoms with Gasteiger partial charge in [-0.05, 0) is 42.5 Å². The fourth-order valence-corrected chi connectivity index (χ4v) is 3.11. The van der Waals surface area contributed by atoms with Crippen LogP contribution in [-0.2, 0) is 0 Å². The van der Waals surface area contributed by atoms with Gasteiger partial charge in [0.1, 0.15) is 11.5 Å². The summed E-state index contributed by atoms with van der Waals surface area (Å²) in [6.07, 6.45) is 3.30. The van der Waals surface area contributed by atoms with E-state index in [1.807, 2.05) is 18.2 Å². The number of nitrogens with zero attached hydrogens (tertiary/aromatic N) is 4. The first kappa shape index (κ1) is 17.0. The zero-order valence-corrected chi connectivity index (χ0v) is 14.7. The third-order valence-corrected chi connectivity index (χ3v) is 4.52. The molecule has 142 valence electrons. The Morgan fingerprint density at radius 1 is 1.10 bits per heavy atom. The molecule has 5 rings (SSSR count). The molecule has 1 aromatic carbocycles. The molecule has 1 amide bonds. The number of H-pyrrole nitrogens is 1. The van der Waals surface area contributed by atoms with Crippen LogP contribution in [0.2, 0.25) is 0 Å². The average molecular weight is 390 g/mol. The van der Waals surface area contributed by atoms with Crippen molar-refractivity contribution in [3.05, 3.63) is 78.1 Å². The normalized spacial score (nSPS) is 11.2. The molecule has 9 heteroatoms. The van der Waals surface area contributed by atoms with E-state index in [1.165, 1.54) is 30.3 Å². The number of halogens is 2. The lowest BCUT2D eigenvalue weighted by Gasteiger charge is -2.04. The minimum atomic E-state index is -0.574. The topological polar surface area (TPSA) is 88.0 Å². The number of pyridine rings is 2. The van der Waals surface area contributed by atoms with Crippen LogP contribution in [-0.4, -0.2) is 30.7 Å². The summed E-state index contributed by atoms with van der Waals surface area (Å²) in [4.78, 5) is 16.7. The minimum absolute atomic E-state index is 0.124. The van der Waals surface area contributed by atoms with Crippen LogP contribution in [0.1, 0.15) is 10.4 Å². The van der Waals surface area contributed by atoms with Gasteiger partial charge in [0.25, 0.3) is 5.91 Å². The van der Waals surface area contributed by atoms with E-state index in [4.69, 9.17) is 0 Å². The highest BCUT2D eigenvalue weighted by atomic mass is 19.1. The van der Waals surface area contributed by atoms with E-state index in [-0.39, 0.29) is 17.1 Å². The largest absolute Gasteiger partial charge is 0.305 e. The maximum absolute atomic E-state index is 14.9. The molecule has 5 aromatic rings. The molecular formula is C20H12F2N6O. The lowest BCUT2D eigenvalue weighted by Crippen LogP contribution is -2.12. The third kappa shape index (κ3) is 2.89. The van der Waals surface area contributed by atoms with Crippen LogP contribution < -0.4 is 5.32 Å². The molecule has 7 nitrogen and oxygen atoms in total. The first-order chi connectivity index (χ1) is 14.1. The van der Waals surface area contributed by atoms with Gasteiger partial charge in [0.2, 0.25) is 0 Å². The zero-order chi connectivity index (χ0) is 20.0. The predicted molar refractivity (Wildman–Crippen MR) is 102 cm³/mol. The molecule has 0 aliphatic heterocycles. The Morgan fingerprint density at radius 2 is 1.93 bits per heavy atom. The summed E-state index contributed by atoms with van der Waals surface area (Å²) in [5, 5.41) is 13.8. The summed E-state index contributed by atoms with van der Waals surface area (Å²) >= 11 is 0. The number of nitrogens with one attached hydrogen (secondary N) is 2. The molecular weight excluding hydrogens is 378 g/mol. The zero-order valence-electron chi connectivity index (χ0n) is 14.7. The van der Waals surface area contributed by atoms with Gasteiger partial charge in [-0.15, -0.1) is 0 Å².